The maximum Gasteiger partial charge on any atom is 0.319 e. The Bertz CT molecular complexity index is 1040. The van der Waals surface area contributed by atoms with E-state index in [1.54, 1.807) is 16.7 Å². The molecule has 0 spiro atoms. The van der Waals surface area contributed by atoms with Crippen molar-refractivity contribution in [3.63, 3.8) is 0 Å². The molecule has 2 amide bonds. The predicted octanol–water partition coefficient (Wildman–Crippen LogP) is 3.51. The molecule has 2 aromatic carbocycles. The predicted molar refractivity (Wildman–Crippen MR) is 106 cm³/mol. The summed E-state index contributed by atoms with van der Waals surface area (Å²) in [5.74, 6) is 0. The first-order valence-electron chi connectivity index (χ1n) is 9.15. The molecule has 2 N–H and O–H groups in total. The standard InChI is InChI=1S/C21H22N4O2/c1-21(10-5-11-21)24-20(27)23-16-8-9-18-17(12-16)22-13-19(26)25(18)14-15-6-3-2-4-7-15/h2-4,6-9,12-13H,5,10-11,14H2,1H3,(H2,23,24,27). The minimum atomic E-state index is -0.214. The Balaban J connectivity index is 1.58. The van der Waals surface area contributed by atoms with Crippen molar-refractivity contribution in [1.29, 1.82) is 0 Å². The average molecular weight is 362 g/mol. The first-order chi connectivity index (χ1) is 13.0. The van der Waals surface area contributed by atoms with Crippen molar-refractivity contribution >= 4 is 22.8 Å². The molecule has 0 radical (unpaired) electrons. The highest BCUT2D eigenvalue weighted by Crippen LogP contribution is 2.31. The van der Waals surface area contributed by atoms with Crippen LogP contribution in [-0.4, -0.2) is 21.1 Å². The molecule has 0 aliphatic heterocycles. The summed E-state index contributed by atoms with van der Waals surface area (Å²) < 4.78 is 1.69. The molecule has 138 valence electrons. The second-order valence-electron chi connectivity index (χ2n) is 7.37. The van der Waals surface area contributed by atoms with Gasteiger partial charge in [-0.3, -0.25) is 4.79 Å². The minimum absolute atomic E-state index is 0.102. The lowest BCUT2D eigenvalue weighted by molar-refractivity contribution is 0.200. The monoisotopic (exact) mass is 362 g/mol. The lowest BCUT2D eigenvalue weighted by atomic mass is 9.79. The Morgan fingerprint density at radius 1 is 1.19 bits per heavy atom. The summed E-state index contributed by atoms with van der Waals surface area (Å²) in [6, 6.07) is 15.0. The van der Waals surface area contributed by atoms with Crippen LogP contribution < -0.4 is 16.2 Å². The van der Waals surface area contributed by atoms with Crippen LogP contribution >= 0.6 is 0 Å². The smallest absolute Gasteiger partial charge is 0.319 e. The molecular formula is C21H22N4O2. The van der Waals surface area contributed by atoms with Crippen molar-refractivity contribution in [2.75, 3.05) is 5.32 Å². The van der Waals surface area contributed by atoms with Crippen LogP contribution in [0.5, 0.6) is 0 Å². The van der Waals surface area contributed by atoms with E-state index in [4.69, 9.17) is 0 Å². The van der Waals surface area contributed by atoms with E-state index in [2.05, 4.69) is 22.5 Å². The Hall–Kier alpha value is -3.15. The van der Waals surface area contributed by atoms with E-state index in [0.29, 0.717) is 17.7 Å². The number of nitrogens with one attached hydrogen (secondary N) is 2. The molecule has 0 bridgehead atoms. The lowest BCUT2D eigenvalue weighted by Crippen LogP contribution is -2.52. The average Bonchev–Trinajstić information content (AvgIpc) is 2.63. The van der Waals surface area contributed by atoms with Crippen LogP contribution in [0.25, 0.3) is 11.0 Å². The van der Waals surface area contributed by atoms with Crippen LogP contribution in [0.4, 0.5) is 10.5 Å². The maximum atomic E-state index is 12.3. The van der Waals surface area contributed by atoms with E-state index in [-0.39, 0.29) is 17.1 Å². The number of amides is 2. The Morgan fingerprint density at radius 2 is 1.96 bits per heavy atom. The number of hydrogen-bond acceptors (Lipinski definition) is 3. The third-order valence-electron chi connectivity index (χ3n) is 5.16. The maximum absolute atomic E-state index is 12.3. The molecule has 1 aliphatic rings. The van der Waals surface area contributed by atoms with Gasteiger partial charge in [0.25, 0.3) is 5.56 Å². The van der Waals surface area contributed by atoms with Crippen molar-refractivity contribution in [2.45, 2.75) is 38.3 Å². The first kappa shape index (κ1) is 17.3. The largest absolute Gasteiger partial charge is 0.333 e. The van der Waals surface area contributed by atoms with Gasteiger partial charge in [-0.15, -0.1) is 0 Å². The third kappa shape index (κ3) is 3.69. The van der Waals surface area contributed by atoms with Gasteiger partial charge in [-0.05, 0) is 49.9 Å². The fraction of sp³-hybridized carbons (Fsp3) is 0.286. The molecule has 4 rings (SSSR count). The van der Waals surface area contributed by atoms with E-state index in [1.165, 1.54) is 6.20 Å². The van der Waals surface area contributed by atoms with Crippen molar-refractivity contribution in [1.82, 2.24) is 14.9 Å². The molecule has 1 saturated carbocycles. The number of benzene rings is 2. The van der Waals surface area contributed by atoms with Gasteiger partial charge < -0.3 is 15.2 Å². The fourth-order valence-corrected chi connectivity index (χ4v) is 3.44. The molecule has 3 aromatic rings. The van der Waals surface area contributed by atoms with Crippen LogP contribution in [-0.2, 0) is 6.54 Å². The minimum Gasteiger partial charge on any atom is -0.333 e. The van der Waals surface area contributed by atoms with E-state index in [1.807, 2.05) is 36.4 Å². The molecule has 1 fully saturated rings. The molecule has 1 aromatic heterocycles. The summed E-state index contributed by atoms with van der Waals surface area (Å²) in [4.78, 5) is 28.8. The van der Waals surface area contributed by atoms with Gasteiger partial charge in [0.05, 0.1) is 23.8 Å². The number of carbonyl (C=O) groups is 1. The summed E-state index contributed by atoms with van der Waals surface area (Å²) in [5, 5.41) is 5.88. The van der Waals surface area contributed by atoms with Crippen molar-refractivity contribution < 1.29 is 4.79 Å². The van der Waals surface area contributed by atoms with E-state index >= 15 is 0 Å². The van der Waals surface area contributed by atoms with E-state index in [0.717, 1.165) is 30.3 Å². The number of aromatic nitrogens is 2. The molecule has 6 nitrogen and oxygen atoms in total. The molecule has 27 heavy (non-hydrogen) atoms. The SMILES string of the molecule is CC1(NC(=O)Nc2ccc3c(c2)ncc(=O)n3Cc2ccccc2)CCC1. The third-order valence-corrected chi connectivity index (χ3v) is 5.16. The van der Waals surface area contributed by atoms with Gasteiger partial charge in [0.2, 0.25) is 0 Å². The van der Waals surface area contributed by atoms with Gasteiger partial charge >= 0.3 is 6.03 Å². The van der Waals surface area contributed by atoms with Crippen LogP contribution in [0.15, 0.2) is 59.5 Å². The highest BCUT2D eigenvalue weighted by Gasteiger charge is 2.33. The summed E-state index contributed by atoms with van der Waals surface area (Å²) in [6.45, 7) is 2.53. The Labute approximate surface area is 157 Å². The summed E-state index contributed by atoms with van der Waals surface area (Å²) >= 11 is 0. The molecule has 1 heterocycles. The summed E-state index contributed by atoms with van der Waals surface area (Å²) in [6.07, 6.45) is 4.48. The highest BCUT2D eigenvalue weighted by molar-refractivity contribution is 5.92. The zero-order valence-electron chi connectivity index (χ0n) is 15.2. The Morgan fingerprint density at radius 3 is 2.67 bits per heavy atom. The summed E-state index contributed by atoms with van der Waals surface area (Å²) in [7, 11) is 0. The molecule has 0 saturated heterocycles. The van der Waals surface area contributed by atoms with Crippen LogP contribution in [0.3, 0.4) is 0 Å². The van der Waals surface area contributed by atoms with Crippen molar-refractivity contribution in [3.05, 3.63) is 70.6 Å². The number of rotatable bonds is 4. The highest BCUT2D eigenvalue weighted by atomic mass is 16.2. The number of hydrogen-bond donors (Lipinski definition) is 2. The molecule has 1 aliphatic carbocycles. The van der Waals surface area contributed by atoms with Gasteiger partial charge in [0.15, 0.2) is 0 Å². The molecule has 0 atom stereocenters. The zero-order chi connectivity index (χ0) is 18.9. The fourth-order valence-electron chi connectivity index (χ4n) is 3.44. The van der Waals surface area contributed by atoms with Gasteiger partial charge in [0, 0.05) is 11.2 Å². The quantitative estimate of drug-likeness (QED) is 0.746. The number of carbonyl (C=O) groups excluding carboxylic acids is 1. The number of nitrogens with zero attached hydrogens (tertiary/aromatic N) is 2. The lowest BCUT2D eigenvalue weighted by Gasteiger charge is -2.38. The van der Waals surface area contributed by atoms with Gasteiger partial charge in [-0.1, -0.05) is 30.3 Å². The zero-order valence-corrected chi connectivity index (χ0v) is 15.2. The van der Waals surface area contributed by atoms with E-state index in [9.17, 15) is 9.59 Å². The number of fused-ring (bicyclic) bond motifs is 1. The van der Waals surface area contributed by atoms with E-state index < -0.39 is 0 Å². The van der Waals surface area contributed by atoms with Crippen molar-refractivity contribution in [3.8, 4) is 0 Å². The topological polar surface area (TPSA) is 76.0 Å². The molecular weight excluding hydrogens is 340 g/mol. The molecule has 0 unspecified atom stereocenters. The normalized spacial score (nSPS) is 15.1. The second kappa shape index (κ2) is 6.87. The van der Waals surface area contributed by atoms with Gasteiger partial charge in [-0.25, -0.2) is 9.78 Å². The first-order valence-corrected chi connectivity index (χ1v) is 9.15. The van der Waals surface area contributed by atoms with Gasteiger partial charge in [0.1, 0.15) is 0 Å². The molecule has 6 heteroatoms. The second-order valence-corrected chi connectivity index (χ2v) is 7.37. The van der Waals surface area contributed by atoms with Crippen LogP contribution in [0, 0.1) is 0 Å². The Kier molecular flexibility index (Phi) is 4.39. The summed E-state index contributed by atoms with van der Waals surface area (Å²) in [5.41, 5.74) is 2.85. The van der Waals surface area contributed by atoms with Crippen molar-refractivity contribution in [2.24, 2.45) is 0 Å². The number of anilines is 1. The number of urea groups is 1. The van der Waals surface area contributed by atoms with Gasteiger partial charge in [-0.2, -0.15) is 0 Å². The van der Waals surface area contributed by atoms with Crippen LogP contribution in [0.2, 0.25) is 0 Å². The van der Waals surface area contributed by atoms with Crippen LogP contribution in [0.1, 0.15) is 31.7 Å².